The Kier molecular flexibility index (Phi) is 4.77. The third kappa shape index (κ3) is 2.97. The van der Waals surface area contributed by atoms with Gasteiger partial charge in [0.05, 0.1) is 4.90 Å². The van der Waals surface area contributed by atoms with E-state index in [2.05, 4.69) is 5.32 Å². The number of halogens is 1. The molecule has 90 valence electrons. The molecule has 0 bridgehead atoms. The van der Waals surface area contributed by atoms with Crippen molar-refractivity contribution in [2.24, 2.45) is 0 Å². The number of hydrogen-bond acceptors (Lipinski definition) is 3. The van der Waals surface area contributed by atoms with Crippen LogP contribution >= 0.6 is 10.7 Å². The second-order valence-electron chi connectivity index (χ2n) is 3.26. The summed E-state index contributed by atoms with van der Waals surface area (Å²) in [6.45, 7) is 5.52. The minimum absolute atomic E-state index is 0.262. The van der Waals surface area contributed by atoms with Crippen LogP contribution in [0.15, 0.2) is 23.1 Å². The summed E-state index contributed by atoms with van der Waals surface area (Å²) in [5.41, 5.74) is 1.89. The average Bonchev–Trinajstić information content (AvgIpc) is 2.30. The molecule has 0 saturated carbocycles. The van der Waals surface area contributed by atoms with E-state index in [0.717, 1.165) is 30.6 Å². The van der Waals surface area contributed by atoms with Gasteiger partial charge in [-0.1, -0.05) is 26.0 Å². The molecule has 16 heavy (non-hydrogen) atoms. The standard InChI is InChI=1S/C9H10ClNO2S.C2H6/c10-14(12,13)9-3-1-2-7-6-11-5-4-8(7)9;1-2/h1-3,11H,4-6H2;1-2H3. The molecule has 0 atom stereocenters. The van der Waals surface area contributed by atoms with E-state index in [-0.39, 0.29) is 4.90 Å². The molecular weight excluding hydrogens is 246 g/mol. The van der Waals surface area contributed by atoms with Crippen LogP contribution in [-0.2, 0) is 22.0 Å². The predicted octanol–water partition coefficient (Wildman–Crippen LogP) is 2.29. The Hall–Kier alpha value is -0.580. The zero-order valence-corrected chi connectivity index (χ0v) is 11.0. The third-order valence-electron chi connectivity index (χ3n) is 2.36. The van der Waals surface area contributed by atoms with Crippen LogP contribution in [0, 0.1) is 0 Å². The van der Waals surface area contributed by atoms with Crippen LogP contribution in [-0.4, -0.2) is 15.0 Å². The molecule has 0 fully saturated rings. The minimum Gasteiger partial charge on any atom is -0.312 e. The van der Waals surface area contributed by atoms with Crippen molar-refractivity contribution in [1.82, 2.24) is 5.32 Å². The van der Waals surface area contributed by atoms with Gasteiger partial charge in [0, 0.05) is 17.2 Å². The first-order valence-corrected chi connectivity index (χ1v) is 7.66. The van der Waals surface area contributed by atoms with E-state index < -0.39 is 9.05 Å². The SMILES string of the molecule is CC.O=S(=O)(Cl)c1cccc2c1CCNC2. The highest BCUT2D eigenvalue weighted by Gasteiger charge is 2.19. The average molecular weight is 262 g/mol. The molecule has 0 unspecified atom stereocenters. The fraction of sp³-hybridized carbons (Fsp3) is 0.455. The van der Waals surface area contributed by atoms with Crippen LogP contribution in [0.1, 0.15) is 25.0 Å². The van der Waals surface area contributed by atoms with Gasteiger partial charge in [-0.2, -0.15) is 0 Å². The van der Waals surface area contributed by atoms with E-state index in [1.54, 1.807) is 12.1 Å². The summed E-state index contributed by atoms with van der Waals surface area (Å²) in [6.07, 6.45) is 0.720. The summed E-state index contributed by atoms with van der Waals surface area (Å²) in [7, 11) is 1.75. The van der Waals surface area contributed by atoms with E-state index in [0.29, 0.717) is 0 Å². The maximum atomic E-state index is 11.2. The second-order valence-corrected chi connectivity index (χ2v) is 5.79. The first-order valence-electron chi connectivity index (χ1n) is 5.35. The lowest BCUT2D eigenvalue weighted by Gasteiger charge is -2.18. The highest BCUT2D eigenvalue weighted by Crippen LogP contribution is 2.25. The molecule has 0 saturated heterocycles. The van der Waals surface area contributed by atoms with Crippen molar-refractivity contribution in [1.29, 1.82) is 0 Å². The van der Waals surface area contributed by atoms with E-state index in [1.165, 1.54) is 0 Å². The Morgan fingerprint density at radius 3 is 2.62 bits per heavy atom. The highest BCUT2D eigenvalue weighted by molar-refractivity contribution is 8.13. The van der Waals surface area contributed by atoms with Gasteiger partial charge < -0.3 is 5.32 Å². The highest BCUT2D eigenvalue weighted by atomic mass is 35.7. The molecule has 1 aromatic rings. The Labute approximate surface area is 101 Å². The van der Waals surface area contributed by atoms with E-state index >= 15 is 0 Å². The molecule has 0 radical (unpaired) electrons. The molecular formula is C11H16ClNO2S. The molecule has 1 aliphatic heterocycles. The molecule has 5 heteroatoms. The Morgan fingerprint density at radius 1 is 1.31 bits per heavy atom. The summed E-state index contributed by atoms with van der Waals surface area (Å²) in [4.78, 5) is 0.262. The number of nitrogens with one attached hydrogen (secondary N) is 1. The Balaban J connectivity index is 0.000000606. The molecule has 1 aromatic carbocycles. The largest absolute Gasteiger partial charge is 0.312 e. The fourth-order valence-corrected chi connectivity index (χ4v) is 2.93. The summed E-state index contributed by atoms with van der Waals surface area (Å²) in [6, 6.07) is 5.21. The van der Waals surface area contributed by atoms with Crippen molar-refractivity contribution >= 4 is 19.7 Å². The molecule has 1 N–H and O–H groups in total. The van der Waals surface area contributed by atoms with Crippen LogP contribution < -0.4 is 5.32 Å². The van der Waals surface area contributed by atoms with Gasteiger partial charge in [0.2, 0.25) is 0 Å². The molecule has 0 spiro atoms. The molecule has 2 rings (SSSR count). The van der Waals surface area contributed by atoms with Crippen LogP contribution in [0.2, 0.25) is 0 Å². The van der Waals surface area contributed by atoms with Crippen LogP contribution in [0.3, 0.4) is 0 Å². The van der Waals surface area contributed by atoms with Crippen molar-refractivity contribution < 1.29 is 8.42 Å². The zero-order chi connectivity index (χ0) is 12.2. The van der Waals surface area contributed by atoms with Gasteiger partial charge in [-0.05, 0) is 30.2 Å². The van der Waals surface area contributed by atoms with Gasteiger partial charge in [0.25, 0.3) is 9.05 Å². The quantitative estimate of drug-likeness (QED) is 0.789. The van der Waals surface area contributed by atoms with Gasteiger partial charge in [-0.15, -0.1) is 0 Å². The van der Waals surface area contributed by atoms with Crippen molar-refractivity contribution in [3.63, 3.8) is 0 Å². The predicted molar refractivity (Wildman–Crippen MR) is 66.2 cm³/mol. The molecule has 0 amide bonds. The fourth-order valence-electron chi connectivity index (χ4n) is 1.73. The zero-order valence-electron chi connectivity index (χ0n) is 9.46. The Morgan fingerprint density at radius 2 is 2.00 bits per heavy atom. The van der Waals surface area contributed by atoms with Gasteiger partial charge in [0.15, 0.2) is 0 Å². The van der Waals surface area contributed by atoms with Gasteiger partial charge >= 0.3 is 0 Å². The van der Waals surface area contributed by atoms with Gasteiger partial charge in [-0.25, -0.2) is 8.42 Å². The minimum atomic E-state index is -3.60. The van der Waals surface area contributed by atoms with Crippen LogP contribution in [0.5, 0.6) is 0 Å². The third-order valence-corrected chi connectivity index (χ3v) is 3.77. The number of rotatable bonds is 1. The monoisotopic (exact) mass is 261 g/mol. The van der Waals surface area contributed by atoms with E-state index in [9.17, 15) is 8.42 Å². The summed E-state index contributed by atoms with van der Waals surface area (Å²) < 4.78 is 22.5. The van der Waals surface area contributed by atoms with Crippen LogP contribution in [0.25, 0.3) is 0 Å². The maximum absolute atomic E-state index is 11.2. The van der Waals surface area contributed by atoms with E-state index in [4.69, 9.17) is 10.7 Å². The summed E-state index contributed by atoms with van der Waals surface area (Å²) in [5, 5.41) is 3.18. The maximum Gasteiger partial charge on any atom is 0.261 e. The Bertz CT molecular complexity index is 457. The number of hydrogen-bond donors (Lipinski definition) is 1. The van der Waals surface area contributed by atoms with Crippen molar-refractivity contribution in [3.8, 4) is 0 Å². The normalized spacial score (nSPS) is 14.7. The lowest BCUT2D eigenvalue weighted by atomic mass is 10.0. The summed E-state index contributed by atoms with van der Waals surface area (Å²) in [5.74, 6) is 0. The molecule has 0 aromatic heterocycles. The number of benzene rings is 1. The molecule has 0 aliphatic carbocycles. The van der Waals surface area contributed by atoms with Crippen molar-refractivity contribution in [2.75, 3.05) is 6.54 Å². The first kappa shape index (κ1) is 13.5. The smallest absolute Gasteiger partial charge is 0.261 e. The molecule has 1 aliphatic rings. The topological polar surface area (TPSA) is 46.2 Å². The molecule has 1 heterocycles. The van der Waals surface area contributed by atoms with Gasteiger partial charge in [0.1, 0.15) is 0 Å². The van der Waals surface area contributed by atoms with Crippen molar-refractivity contribution in [2.45, 2.75) is 31.7 Å². The lowest BCUT2D eigenvalue weighted by molar-refractivity contribution is 0.601. The van der Waals surface area contributed by atoms with Crippen molar-refractivity contribution in [3.05, 3.63) is 29.3 Å². The molecule has 3 nitrogen and oxygen atoms in total. The summed E-state index contributed by atoms with van der Waals surface area (Å²) >= 11 is 0. The number of fused-ring (bicyclic) bond motifs is 1. The second kappa shape index (κ2) is 5.66. The lowest BCUT2D eigenvalue weighted by Crippen LogP contribution is -2.24. The van der Waals surface area contributed by atoms with Crippen LogP contribution in [0.4, 0.5) is 0 Å². The van der Waals surface area contributed by atoms with E-state index in [1.807, 2.05) is 19.9 Å². The first-order chi connectivity index (χ1) is 7.59. The van der Waals surface area contributed by atoms with Gasteiger partial charge in [-0.3, -0.25) is 0 Å².